The Morgan fingerprint density at radius 2 is 1.67 bits per heavy atom. The molecule has 0 N–H and O–H groups in total. The fourth-order valence-electron chi connectivity index (χ4n) is 5.00. The predicted molar refractivity (Wildman–Crippen MR) is 146 cm³/mol. The van der Waals surface area contributed by atoms with E-state index in [-0.39, 0.29) is 18.0 Å². The first-order chi connectivity index (χ1) is 18.6. The number of ether oxygens (including phenoxy) is 2. The molecule has 2 aromatic rings. The van der Waals surface area contributed by atoms with E-state index < -0.39 is 22.4 Å². The summed E-state index contributed by atoms with van der Waals surface area (Å²) < 4.78 is 51.6. The largest absolute Gasteiger partial charge is 0.490 e. The molecule has 2 fully saturated rings. The van der Waals surface area contributed by atoms with Gasteiger partial charge in [-0.25, -0.2) is 0 Å². The summed E-state index contributed by atoms with van der Waals surface area (Å²) in [6, 6.07) is 11.2. The minimum atomic E-state index is -4.83. The summed E-state index contributed by atoms with van der Waals surface area (Å²) in [6.45, 7) is 6.89. The minimum Gasteiger partial charge on any atom is -0.490 e. The van der Waals surface area contributed by atoms with Crippen LogP contribution in [0.5, 0.6) is 5.75 Å². The Labute approximate surface area is 232 Å². The van der Waals surface area contributed by atoms with Crippen molar-refractivity contribution in [3.63, 3.8) is 0 Å². The van der Waals surface area contributed by atoms with Crippen molar-refractivity contribution in [1.82, 2.24) is 9.80 Å². The van der Waals surface area contributed by atoms with Gasteiger partial charge in [0.15, 0.2) is 0 Å². The zero-order valence-electron chi connectivity index (χ0n) is 22.0. The molecule has 0 atom stereocenters. The Morgan fingerprint density at radius 3 is 2.28 bits per heavy atom. The van der Waals surface area contributed by atoms with Gasteiger partial charge in [0.2, 0.25) is 0 Å². The number of piperidine rings is 2. The fourth-order valence-corrected chi connectivity index (χ4v) is 5.27. The molecular formula is C28H34F3N3O4S. The SMILES string of the molecule is Cc1ccc(COC2CCN(CCC(=S)N3CCC(Oc4ccc([N+](=O)[O-])c(C(F)(F)F)c4)CC3)CC2)cc1. The maximum atomic E-state index is 13.3. The summed E-state index contributed by atoms with van der Waals surface area (Å²) >= 11 is 5.68. The van der Waals surface area contributed by atoms with E-state index in [2.05, 4.69) is 41.0 Å². The van der Waals surface area contributed by atoms with Crippen molar-refractivity contribution in [3.8, 4) is 5.75 Å². The van der Waals surface area contributed by atoms with Gasteiger partial charge in [-0.3, -0.25) is 10.1 Å². The molecule has 2 aliphatic rings. The minimum absolute atomic E-state index is 0.0137. The standard InChI is InChI=1S/C28H34F3N3O4S/c1-20-2-4-21(5-3-20)19-37-22-8-13-32(14-9-22)15-12-27(39)33-16-10-23(11-17-33)38-24-6-7-26(34(35)36)25(18-24)28(29,30)31/h2-7,18,22-23H,8-17,19H2,1H3. The number of rotatable bonds is 9. The molecule has 0 amide bonds. The maximum Gasteiger partial charge on any atom is 0.423 e. The molecule has 0 aliphatic carbocycles. The highest BCUT2D eigenvalue weighted by atomic mass is 32.1. The Balaban J connectivity index is 1.15. The number of thiocarbonyl (C=S) groups is 1. The Kier molecular flexibility index (Phi) is 9.79. The first-order valence-electron chi connectivity index (χ1n) is 13.3. The molecule has 2 aliphatic heterocycles. The summed E-state index contributed by atoms with van der Waals surface area (Å²) in [7, 11) is 0. The van der Waals surface area contributed by atoms with E-state index in [0.29, 0.717) is 38.6 Å². The highest BCUT2D eigenvalue weighted by Crippen LogP contribution is 2.38. The Hall–Kier alpha value is -2.76. The number of alkyl halides is 3. The third kappa shape index (κ3) is 8.36. The van der Waals surface area contributed by atoms with Gasteiger partial charge >= 0.3 is 6.18 Å². The van der Waals surface area contributed by atoms with Crippen LogP contribution in [0.1, 0.15) is 48.8 Å². The monoisotopic (exact) mass is 565 g/mol. The number of nitro groups is 1. The van der Waals surface area contributed by atoms with Crippen LogP contribution in [-0.4, -0.2) is 64.6 Å². The molecule has 0 saturated carbocycles. The van der Waals surface area contributed by atoms with Crippen molar-refractivity contribution in [2.24, 2.45) is 0 Å². The lowest BCUT2D eigenvalue weighted by Gasteiger charge is -2.35. The summed E-state index contributed by atoms with van der Waals surface area (Å²) in [5.41, 5.74) is 0.161. The quantitative estimate of drug-likeness (QED) is 0.205. The molecule has 2 heterocycles. The van der Waals surface area contributed by atoms with Gasteiger partial charge in [-0.15, -0.1) is 0 Å². The number of nitro benzene ring substituents is 1. The number of benzene rings is 2. The average molecular weight is 566 g/mol. The summed E-state index contributed by atoms with van der Waals surface area (Å²) in [5, 5.41) is 11.0. The van der Waals surface area contributed by atoms with E-state index >= 15 is 0 Å². The average Bonchev–Trinajstić information content (AvgIpc) is 2.92. The van der Waals surface area contributed by atoms with E-state index in [1.165, 1.54) is 17.2 Å². The van der Waals surface area contributed by atoms with Crippen molar-refractivity contribution in [2.45, 2.75) is 64.0 Å². The van der Waals surface area contributed by atoms with Crippen LogP contribution in [0.25, 0.3) is 0 Å². The molecular weight excluding hydrogens is 531 g/mol. The molecule has 7 nitrogen and oxygen atoms in total. The Morgan fingerprint density at radius 1 is 1.03 bits per heavy atom. The second kappa shape index (κ2) is 13.1. The van der Waals surface area contributed by atoms with Gasteiger partial charge in [-0.05, 0) is 37.5 Å². The predicted octanol–water partition coefficient (Wildman–Crippen LogP) is 6.16. The van der Waals surface area contributed by atoms with Crippen LogP contribution < -0.4 is 4.74 Å². The van der Waals surface area contributed by atoms with Crippen LogP contribution in [0.2, 0.25) is 0 Å². The number of nitrogens with zero attached hydrogens (tertiary/aromatic N) is 3. The molecule has 0 unspecified atom stereocenters. The summed E-state index contributed by atoms with van der Waals surface area (Å²) in [4.78, 5) is 15.4. The van der Waals surface area contributed by atoms with E-state index in [4.69, 9.17) is 21.7 Å². The lowest BCUT2D eigenvalue weighted by molar-refractivity contribution is -0.388. The van der Waals surface area contributed by atoms with Crippen molar-refractivity contribution in [2.75, 3.05) is 32.7 Å². The first-order valence-corrected chi connectivity index (χ1v) is 13.7. The summed E-state index contributed by atoms with van der Waals surface area (Å²) in [5.74, 6) is -0.0137. The fraction of sp³-hybridized carbons (Fsp3) is 0.536. The molecule has 2 saturated heterocycles. The van der Waals surface area contributed by atoms with E-state index in [1.54, 1.807) is 0 Å². The zero-order chi connectivity index (χ0) is 28.0. The number of hydrogen-bond donors (Lipinski definition) is 0. The smallest absolute Gasteiger partial charge is 0.423 e. The zero-order valence-corrected chi connectivity index (χ0v) is 22.8. The second-order valence-electron chi connectivity index (χ2n) is 10.2. The molecule has 0 spiro atoms. The van der Waals surface area contributed by atoms with Crippen molar-refractivity contribution >= 4 is 22.9 Å². The molecule has 11 heteroatoms. The van der Waals surface area contributed by atoms with Gasteiger partial charge in [-0.2, -0.15) is 13.2 Å². The highest BCUT2D eigenvalue weighted by molar-refractivity contribution is 7.80. The van der Waals surface area contributed by atoms with Gasteiger partial charge < -0.3 is 19.3 Å². The van der Waals surface area contributed by atoms with Gasteiger partial charge in [-0.1, -0.05) is 42.0 Å². The molecule has 212 valence electrons. The molecule has 39 heavy (non-hydrogen) atoms. The number of aryl methyl sites for hydroxylation is 1. The van der Waals surface area contributed by atoms with Crippen LogP contribution in [-0.2, 0) is 17.5 Å². The third-order valence-corrected chi connectivity index (χ3v) is 7.81. The van der Waals surface area contributed by atoms with Crippen LogP contribution in [0.3, 0.4) is 0 Å². The van der Waals surface area contributed by atoms with Crippen molar-refractivity contribution in [1.29, 1.82) is 0 Å². The van der Waals surface area contributed by atoms with Gasteiger partial charge in [0, 0.05) is 58.1 Å². The van der Waals surface area contributed by atoms with E-state index in [9.17, 15) is 23.3 Å². The van der Waals surface area contributed by atoms with Crippen LogP contribution in [0.15, 0.2) is 42.5 Å². The summed E-state index contributed by atoms with van der Waals surface area (Å²) in [6.07, 6.45) is -0.819. The van der Waals surface area contributed by atoms with Crippen molar-refractivity contribution in [3.05, 3.63) is 69.3 Å². The molecule has 0 aromatic heterocycles. The van der Waals surface area contributed by atoms with Gasteiger partial charge in [0.05, 0.1) is 22.6 Å². The highest BCUT2D eigenvalue weighted by Gasteiger charge is 2.39. The van der Waals surface area contributed by atoms with Crippen LogP contribution in [0.4, 0.5) is 18.9 Å². The molecule has 2 aromatic carbocycles. The van der Waals surface area contributed by atoms with Gasteiger partial charge in [0.1, 0.15) is 17.4 Å². The normalized spacial score (nSPS) is 17.8. The number of halogens is 3. The number of likely N-dealkylation sites (tertiary alicyclic amines) is 2. The van der Waals surface area contributed by atoms with Gasteiger partial charge in [0.25, 0.3) is 5.69 Å². The van der Waals surface area contributed by atoms with Crippen LogP contribution >= 0.6 is 12.2 Å². The lowest BCUT2D eigenvalue weighted by Crippen LogP contribution is -2.43. The molecule has 4 rings (SSSR count). The third-order valence-electron chi connectivity index (χ3n) is 7.35. The molecule has 0 radical (unpaired) electrons. The molecule has 0 bridgehead atoms. The number of hydrogen-bond acceptors (Lipinski definition) is 6. The van der Waals surface area contributed by atoms with Crippen LogP contribution in [0, 0.1) is 17.0 Å². The van der Waals surface area contributed by atoms with Crippen molar-refractivity contribution < 1.29 is 27.6 Å². The second-order valence-corrected chi connectivity index (χ2v) is 10.7. The lowest BCUT2D eigenvalue weighted by atomic mass is 10.1. The first kappa shape index (κ1) is 29.2. The Bertz CT molecular complexity index is 1130. The van der Waals surface area contributed by atoms with E-state index in [1.807, 2.05) is 0 Å². The maximum absolute atomic E-state index is 13.3. The topological polar surface area (TPSA) is 68.1 Å². The van der Waals surface area contributed by atoms with E-state index in [0.717, 1.165) is 50.0 Å².